The number of hydrogen-bond donors (Lipinski definition) is 1. The van der Waals surface area contributed by atoms with Crippen molar-refractivity contribution in [2.24, 2.45) is 4.99 Å². The van der Waals surface area contributed by atoms with E-state index in [0.717, 1.165) is 58.4 Å². The molecule has 3 fully saturated rings. The van der Waals surface area contributed by atoms with Crippen LogP contribution in [-0.4, -0.2) is 92.3 Å². The Morgan fingerprint density at radius 1 is 1.10 bits per heavy atom. The average molecular weight is 527 g/mol. The number of ether oxygens (including phenoxy) is 1. The molecule has 0 saturated carbocycles. The first-order chi connectivity index (χ1) is 14.3. The number of nitrogens with one attached hydrogen (secondary N) is 1. The topological polar surface area (TPSA) is 43.3 Å². The highest BCUT2D eigenvalue weighted by Crippen LogP contribution is 2.26. The third-order valence-electron chi connectivity index (χ3n) is 6.54. The lowest BCUT2D eigenvalue weighted by Crippen LogP contribution is -2.46. The van der Waals surface area contributed by atoms with Crippen molar-refractivity contribution in [3.05, 3.63) is 35.9 Å². The lowest BCUT2D eigenvalue weighted by molar-refractivity contribution is 0.0195. The summed E-state index contributed by atoms with van der Waals surface area (Å²) in [6, 6.07) is 11.9. The molecule has 2 unspecified atom stereocenters. The van der Waals surface area contributed by atoms with E-state index in [2.05, 4.69) is 57.3 Å². The number of guanidine groups is 1. The van der Waals surface area contributed by atoms with E-state index in [1.54, 1.807) is 0 Å². The highest BCUT2D eigenvalue weighted by Gasteiger charge is 2.30. The molecule has 3 aliphatic rings. The molecule has 7 heteroatoms. The Kier molecular flexibility index (Phi) is 9.67. The maximum absolute atomic E-state index is 5.53. The SMILES string of the molecule is CCNC(=NCC(c1ccccc1)N1CCCC1)N1CCC(N2CCOCC2)C1.I. The van der Waals surface area contributed by atoms with Crippen molar-refractivity contribution in [2.45, 2.75) is 38.3 Å². The number of morpholine rings is 1. The fourth-order valence-corrected chi connectivity index (χ4v) is 4.93. The molecular formula is C23H38IN5O. The van der Waals surface area contributed by atoms with Gasteiger partial charge in [0.15, 0.2) is 5.96 Å². The molecule has 3 saturated heterocycles. The van der Waals surface area contributed by atoms with Gasteiger partial charge in [0.25, 0.3) is 0 Å². The van der Waals surface area contributed by atoms with Gasteiger partial charge in [0.1, 0.15) is 0 Å². The summed E-state index contributed by atoms with van der Waals surface area (Å²) in [6.07, 6.45) is 3.83. The van der Waals surface area contributed by atoms with Crippen molar-refractivity contribution in [1.82, 2.24) is 20.0 Å². The van der Waals surface area contributed by atoms with Crippen LogP contribution in [-0.2, 0) is 4.74 Å². The molecule has 1 aromatic rings. The van der Waals surface area contributed by atoms with E-state index < -0.39 is 0 Å². The van der Waals surface area contributed by atoms with Crippen molar-refractivity contribution in [3.63, 3.8) is 0 Å². The zero-order chi connectivity index (χ0) is 19.9. The summed E-state index contributed by atoms with van der Waals surface area (Å²) < 4.78 is 5.53. The van der Waals surface area contributed by atoms with Gasteiger partial charge in [-0.2, -0.15) is 0 Å². The van der Waals surface area contributed by atoms with E-state index in [4.69, 9.17) is 9.73 Å². The Morgan fingerprint density at radius 3 is 2.53 bits per heavy atom. The average Bonchev–Trinajstić information content (AvgIpc) is 3.47. The van der Waals surface area contributed by atoms with Crippen molar-refractivity contribution in [3.8, 4) is 0 Å². The third-order valence-corrected chi connectivity index (χ3v) is 6.54. The summed E-state index contributed by atoms with van der Waals surface area (Å²) in [5, 5.41) is 3.56. The van der Waals surface area contributed by atoms with E-state index in [1.807, 2.05) is 0 Å². The molecule has 0 radical (unpaired) electrons. The minimum absolute atomic E-state index is 0. The Labute approximate surface area is 199 Å². The molecule has 30 heavy (non-hydrogen) atoms. The van der Waals surface area contributed by atoms with Crippen LogP contribution < -0.4 is 5.32 Å². The fourth-order valence-electron chi connectivity index (χ4n) is 4.93. The quantitative estimate of drug-likeness (QED) is 0.350. The minimum atomic E-state index is 0. The van der Waals surface area contributed by atoms with Gasteiger partial charge in [-0.25, -0.2) is 0 Å². The van der Waals surface area contributed by atoms with Crippen LogP contribution in [0, 0.1) is 0 Å². The van der Waals surface area contributed by atoms with Gasteiger partial charge in [-0.1, -0.05) is 30.3 Å². The van der Waals surface area contributed by atoms with Crippen LogP contribution in [0.2, 0.25) is 0 Å². The molecule has 0 aromatic heterocycles. The molecule has 2 atom stereocenters. The second-order valence-corrected chi connectivity index (χ2v) is 8.40. The molecule has 4 rings (SSSR count). The smallest absolute Gasteiger partial charge is 0.194 e. The number of aliphatic imine (C=N–C) groups is 1. The molecule has 0 amide bonds. The zero-order valence-corrected chi connectivity index (χ0v) is 20.7. The third kappa shape index (κ3) is 6.08. The van der Waals surface area contributed by atoms with Crippen LogP contribution in [0.25, 0.3) is 0 Å². The van der Waals surface area contributed by atoms with Crippen molar-refractivity contribution in [2.75, 3.05) is 65.6 Å². The molecule has 1 N–H and O–H groups in total. The predicted octanol–water partition coefficient (Wildman–Crippen LogP) is 2.81. The molecular weight excluding hydrogens is 489 g/mol. The summed E-state index contributed by atoms with van der Waals surface area (Å²) >= 11 is 0. The van der Waals surface area contributed by atoms with Gasteiger partial charge >= 0.3 is 0 Å². The van der Waals surface area contributed by atoms with E-state index in [1.165, 1.54) is 37.9 Å². The van der Waals surface area contributed by atoms with Gasteiger partial charge in [-0.05, 0) is 44.8 Å². The maximum atomic E-state index is 5.53. The van der Waals surface area contributed by atoms with E-state index in [-0.39, 0.29) is 24.0 Å². The number of halogens is 1. The lowest BCUT2D eigenvalue weighted by atomic mass is 10.1. The van der Waals surface area contributed by atoms with Crippen LogP contribution in [0.3, 0.4) is 0 Å². The predicted molar refractivity (Wildman–Crippen MR) is 134 cm³/mol. The molecule has 3 aliphatic heterocycles. The van der Waals surface area contributed by atoms with Crippen molar-refractivity contribution < 1.29 is 4.74 Å². The molecule has 168 valence electrons. The monoisotopic (exact) mass is 527 g/mol. The highest BCUT2D eigenvalue weighted by atomic mass is 127. The summed E-state index contributed by atoms with van der Waals surface area (Å²) in [7, 11) is 0. The molecule has 0 aliphatic carbocycles. The first kappa shape index (κ1) is 23.8. The van der Waals surface area contributed by atoms with E-state index in [9.17, 15) is 0 Å². The number of benzene rings is 1. The van der Waals surface area contributed by atoms with Crippen LogP contribution in [0.4, 0.5) is 0 Å². The first-order valence-electron chi connectivity index (χ1n) is 11.5. The Hall–Kier alpha value is -0.900. The molecule has 0 bridgehead atoms. The minimum Gasteiger partial charge on any atom is -0.379 e. The summed E-state index contributed by atoms with van der Waals surface area (Å²) in [6.45, 7) is 12.3. The number of nitrogens with zero attached hydrogens (tertiary/aromatic N) is 4. The molecule has 0 spiro atoms. The van der Waals surface area contributed by atoms with Gasteiger partial charge in [-0.3, -0.25) is 14.8 Å². The fraction of sp³-hybridized carbons (Fsp3) is 0.696. The van der Waals surface area contributed by atoms with Gasteiger partial charge in [0.05, 0.1) is 25.8 Å². The van der Waals surface area contributed by atoms with Gasteiger partial charge in [0, 0.05) is 38.8 Å². The van der Waals surface area contributed by atoms with E-state index in [0.29, 0.717) is 12.1 Å². The van der Waals surface area contributed by atoms with Crippen LogP contribution in [0.1, 0.15) is 37.8 Å². The molecule has 3 heterocycles. The summed E-state index contributed by atoms with van der Waals surface area (Å²) in [5.74, 6) is 1.09. The van der Waals surface area contributed by atoms with Gasteiger partial charge in [-0.15, -0.1) is 24.0 Å². The standard InChI is InChI=1S/C23H37N5O.HI/c1-2-24-23(28-13-10-21(19-28)26-14-16-29-17-15-26)25-18-22(27-11-6-7-12-27)20-8-4-3-5-9-20;/h3-5,8-9,21-22H,2,6-7,10-19H2,1H3,(H,24,25);1H. The first-order valence-corrected chi connectivity index (χ1v) is 11.5. The molecule has 6 nitrogen and oxygen atoms in total. The Morgan fingerprint density at radius 2 is 1.83 bits per heavy atom. The maximum Gasteiger partial charge on any atom is 0.194 e. The largest absolute Gasteiger partial charge is 0.379 e. The second kappa shape index (κ2) is 12.2. The van der Waals surface area contributed by atoms with Crippen LogP contribution >= 0.6 is 24.0 Å². The van der Waals surface area contributed by atoms with Gasteiger partial charge < -0.3 is 15.0 Å². The second-order valence-electron chi connectivity index (χ2n) is 8.40. The number of rotatable bonds is 6. The normalized spacial score (nSPS) is 24.6. The van der Waals surface area contributed by atoms with E-state index >= 15 is 0 Å². The van der Waals surface area contributed by atoms with Crippen molar-refractivity contribution >= 4 is 29.9 Å². The van der Waals surface area contributed by atoms with Crippen molar-refractivity contribution in [1.29, 1.82) is 0 Å². The number of likely N-dealkylation sites (tertiary alicyclic amines) is 2. The van der Waals surface area contributed by atoms with Crippen LogP contribution in [0.15, 0.2) is 35.3 Å². The zero-order valence-electron chi connectivity index (χ0n) is 18.3. The van der Waals surface area contributed by atoms with Gasteiger partial charge in [0.2, 0.25) is 0 Å². The van der Waals surface area contributed by atoms with Crippen LogP contribution in [0.5, 0.6) is 0 Å². The molecule has 1 aromatic carbocycles. The Bertz CT molecular complexity index is 646. The highest BCUT2D eigenvalue weighted by molar-refractivity contribution is 14.0. The number of hydrogen-bond acceptors (Lipinski definition) is 4. The lowest BCUT2D eigenvalue weighted by Gasteiger charge is -2.32. The summed E-state index contributed by atoms with van der Waals surface area (Å²) in [5.41, 5.74) is 1.39. The summed E-state index contributed by atoms with van der Waals surface area (Å²) in [4.78, 5) is 12.8. The Balaban J connectivity index is 0.00000256.